The maximum atomic E-state index is 9.74. The monoisotopic (exact) mass is 252 g/mol. The Morgan fingerprint density at radius 2 is 2.22 bits per heavy atom. The molecule has 1 atom stereocenters. The predicted octanol–water partition coefficient (Wildman–Crippen LogP) is -0.450. The molecule has 0 aliphatic carbocycles. The molecule has 2 rings (SSSR count). The summed E-state index contributed by atoms with van der Waals surface area (Å²) in [5.41, 5.74) is -0.0277. The van der Waals surface area contributed by atoms with Gasteiger partial charge >= 0.3 is 0 Å². The lowest BCUT2D eigenvalue weighted by atomic mass is 10.1. The van der Waals surface area contributed by atoms with Gasteiger partial charge in [0.2, 0.25) is 5.95 Å². The maximum absolute atomic E-state index is 9.74. The summed E-state index contributed by atoms with van der Waals surface area (Å²) in [5, 5.41) is 24.5. The quantitative estimate of drug-likeness (QED) is 0.489. The number of fused-ring (bicyclic) bond motifs is 1. The Labute approximate surface area is 103 Å². The number of nitrogens with zero attached hydrogens (tertiary/aromatic N) is 3. The number of hydrogen-bond acceptors (Lipinski definition) is 7. The number of nitrogens with one attached hydrogen (secondary N) is 3. The molecule has 2 aromatic heterocycles. The topological polar surface area (TPSA) is 119 Å². The van der Waals surface area contributed by atoms with Gasteiger partial charge in [-0.15, -0.1) is 0 Å². The summed E-state index contributed by atoms with van der Waals surface area (Å²) in [6.45, 7) is 1.36. The van der Waals surface area contributed by atoms with Crippen LogP contribution in [0.5, 0.6) is 0 Å². The largest absolute Gasteiger partial charge is 0.393 e. The number of anilines is 2. The lowest BCUT2D eigenvalue weighted by molar-refractivity contribution is 0.0132. The van der Waals surface area contributed by atoms with E-state index in [1.54, 1.807) is 7.05 Å². The number of hydrogen-bond donors (Lipinski definition) is 5. The van der Waals surface area contributed by atoms with Crippen LogP contribution in [0, 0.1) is 0 Å². The molecule has 8 heteroatoms. The van der Waals surface area contributed by atoms with Crippen molar-refractivity contribution in [1.82, 2.24) is 19.9 Å². The SMILES string of the molecule is CNc1nc(NCC(C)(O)CO)c2[nH]cnc2n1. The van der Waals surface area contributed by atoms with Crippen LogP contribution in [0.2, 0.25) is 0 Å². The van der Waals surface area contributed by atoms with Gasteiger partial charge in [-0.25, -0.2) is 4.98 Å². The predicted molar refractivity (Wildman–Crippen MR) is 67.4 cm³/mol. The normalized spacial score (nSPS) is 14.4. The smallest absolute Gasteiger partial charge is 0.226 e. The Bertz CT molecular complexity index is 538. The van der Waals surface area contributed by atoms with E-state index in [1.807, 2.05) is 0 Å². The van der Waals surface area contributed by atoms with Gasteiger partial charge in [0.15, 0.2) is 11.5 Å². The van der Waals surface area contributed by atoms with Gasteiger partial charge in [0.1, 0.15) is 11.1 Å². The van der Waals surface area contributed by atoms with Gasteiger partial charge in [-0.05, 0) is 6.92 Å². The molecule has 1 unspecified atom stereocenters. The third-order valence-electron chi connectivity index (χ3n) is 2.49. The summed E-state index contributed by atoms with van der Waals surface area (Å²) >= 11 is 0. The van der Waals surface area contributed by atoms with Crippen LogP contribution in [0.4, 0.5) is 11.8 Å². The third kappa shape index (κ3) is 2.49. The minimum absolute atomic E-state index is 0.164. The van der Waals surface area contributed by atoms with Gasteiger partial charge < -0.3 is 25.8 Å². The van der Waals surface area contributed by atoms with Crippen molar-refractivity contribution < 1.29 is 10.2 Å². The van der Waals surface area contributed by atoms with E-state index in [9.17, 15) is 5.11 Å². The van der Waals surface area contributed by atoms with Crippen molar-refractivity contribution in [3.63, 3.8) is 0 Å². The molecule has 0 fully saturated rings. The first-order chi connectivity index (χ1) is 8.55. The molecule has 0 saturated carbocycles. The summed E-state index contributed by atoms with van der Waals surface area (Å²) in [6.07, 6.45) is 1.52. The fraction of sp³-hybridized carbons (Fsp3) is 0.500. The van der Waals surface area contributed by atoms with Crippen molar-refractivity contribution in [3.8, 4) is 0 Å². The van der Waals surface area contributed by atoms with Crippen molar-refractivity contribution in [2.45, 2.75) is 12.5 Å². The van der Waals surface area contributed by atoms with E-state index in [4.69, 9.17) is 5.11 Å². The van der Waals surface area contributed by atoms with Crippen LogP contribution in [-0.2, 0) is 0 Å². The molecule has 0 radical (unpaired) electrons. The molecule has 2 aromatic rings. The first-order valence-electron chi connectivity index (χ1n) is 5.52. The number of aromatic amines is 1. The van der Waals surface area contributed by atoms with E-state index in [0.29, 0.717) is 22.9 Å². The van der Waals surface area contributed by atoms with Crippen LogP contribution in [0.25, 0.3) is 11.2 Å². The van der Waals surface area contributed by atoms with E-state index < -0.39 is 5.60 Å². The molecule has 0 aromatic carbocycles. The molecule has 5 N–H and O–H groups in total. The summed E-state index contributed by atoms with van der Waals surface area (Å²) in [5.74, 6) is 0.955. The number of aliphatic hydroxyl groups is 2. The fourth-order valence-corrected chi connectivity index (χ4v) is 1.40. The Balaban J connectivity index is 2.28. The average Bonchev–Trinajstić information content (AvgIpc) is 2.84. The zero-order chi connectivity index (χ0) is 13.2. The standard InChI is InChI=1S/C10H16N6O2/c1-10(18,4-17)3-12-7-6-8(14-5-13-6)16-9(11-2)15-7/h5,17-18H,3-4H2,1-2H3,(H3,11,12,13,14,15,16). The number of H-pyrrole nitrogens is 1. The molecule has 0 spiro atoms. The highest BCUT2D eigenvalue weighted by atomic mass is 16.3. The number of imidazole rings is 1. The molecule has 8 nitrogen and oxygen atoms in total. The van der Waals surface area contributed by atoms with Gasteiger partial charge in [-0.3, -0.25) is 0 Å². The minimum Gasteiger partial charge on any atom is -0.393 e. The Hall–Kier alpha value is -1.93. The van der Waals surface area contributed by atoms with Crippen molar-refractivity contribution in [2.75, 3.05) is 30.8 Å². The molecule has 0 bridgehead atoms. The van der Waals surface area contributed by atoms with Gasteiger partial charge in [-0.1, -0.05) is 0 Å². The van der Waals surface area contributed by atoms with Crippen LogP contribution in [0.1, 0.15) is 6.92 Å². The summed E-state index contributed by atoms with van der Waals surface area (Å²) in [6, 6.07) is 0. The fourth-order valence-electron chi connectivity index (χ4n) is 1.40. The maximum Gasteiger partial charge on any atom is 0.226 e. The van der Waals surface area contributed by atoms with Crippen molar-refractivity contribution in [2.24, 2.45) is 0 Å². The highest BCUT2D eigenvalue weighted by Gasteiger charge is 2.20. The lowest BCUT2D eigenvalue weighted by Crippen LogP contribution is -2.37. The summed E-state index contributed by atoms with van der Waals surface area (Å²) < 4.78 is 0. The van der Waals surface area contributed by atoms with Gasteiger partial charge in [0.05, 0.1) is 12.9 Å². The first-order valence-corrected chi connectivity index (χ1v) is 5.52. The number of aliphatic hydroxyl groups excluding tert-OH is 1. The molecular weight excluding hydrogens is 236 g/mol. The zero-order valence-electron chi connectivity index (χ0n) is 10.2. The van der Waals surface area contributed by atoms with Crippen molar-refractivity contribution in [3.05, 3.63) is 6.33 Å². The summed E-state index contributed by atoms with van der Waals surface area (Å²) in [7, 11) is 1.71. The Kier molecular flexibility index (Phi) is 3.30. The molecule has 0 amide bonds. The lowest BCUT2D eigenvalue weighted by Gasteiger charge is -2.21. The molecule has 98 valence electrons. The van der Waals surface area contributed by atoms with E-state index in [0.717, 1.165) is 0 Å². The second-order valence-electron chi connectivity index (χ2n) is 4.26. The molecule has 0 saturated heterocycles. The van der Waals surface area contributed by atoms with Crippen LogP contribution in [0.15, 0.2) is 6.33 Å². The molecular formula is C10H16N6O2. The number of rotatable bonds is 5. The molecule has 18 heavy (non-hydrogen) atoms. The number of aromatic nitrogens is 4. The van der Waals surface area contributed by atoms with E-state index in [-0.39, 0.29) is 13.2 Å². The Morgan fingerprint density at radius 1 is 1.44 bits per heavy atom. The van der Waals surface area contributed by atoms with Crippen LogP contribution in [0.3, 0.4) is 0 Å². The van der Waals surface area contributed by atoms with E-state index in [1.165, 1.54) is 13.3 Å². The minimum atomic E-state index is -1.21. The Morgan fingerprint density at radius 3 is 2.89 bits per heavy atom. The van der Waals surface area contributed by atoms with E-state index >= 15 is 0 Å². The van der Waals surface area contributed by atoms with Crippen molar-refractivity contribution >= 4 is 22.9 Å². The summed E-state index contributed by atoms with van der Waals surface area (Å²) in [4.78, 5) is 15.4. The van der Waals surface area contributed by atoms with Gasteiger partial charge in [-0.2, -0.15) is 9.97 Å². The molecule has 0 aliphatic rings. The van der Waals surface area contributed by atoms with Crippen LogP contribution in [-0.4, -0.2) is 55.9 Å². The van der Waals surface area contributed by atoms with E-state index in [2.05, 4.69) is 30.6 Å². The molecule has 2 heterocycles. The average molecular weight is 252 g/mol. The first kappa shape index (κ1) is 12.5. The molecule has 0 aliphatic heterocycles. The third-order valence-corrected chi connectivity index (χ3v) is 2.49. The van der Waals surface area contributed by atoms with Gasteiger partial charge in [0.25, 0.3) is 0 Å². The second-order valence-corrected chi connectivity index (χ2v) is 4.26. The zero-order valence-corrected chi connectivity index (χ0v) is 10.2. The van der Waals surface area contributed by atoms with Crippen molar-refractivity contribution in [1.29, 1.82) is 0 Å². The second kappa shape index (κ2) is 4.75. The highest BCUT2D eigenvalue weighted by molar-refractivity contribution is 5.83. The highest BCUT2D eigenvalue weighted by Crippen LogP contribution is 2.19. The van der Waals surface area contributed by atoms with Crippen LogP contribution < -0.4 is 10.6 Å². The van der Waals surface area contributed by atoms with Crippen LogP contribution >= 0.6 is 0 Å². The van der Waals surface area contributed by atoms with Gasteiger partial charge in [0, 0.05) is 13.6 Å².